The lowest BCUT2D eigenvalue weighted by Crippen LogP contribution is -2.48. The van der Waals surface area contributed by atoms with Gasteiger partial charge in [0.15, 0.2) is 0 Å². The summed E-state index contributed by atoms with van der Waals surface area (Å²) in [6, 6.07) is -0.815. The van der Waals surface area contributed by atoms with E-state index in [1.807, 2.05) is 6.08 Å². The normalized spacial score (nSPS) is 13.9. The van der Waals surface area contributed by atoms with Gasteiger partial charge in [-0.15, -0.1) is 0 Å². The molecule has 1 amide bonds. The number of allylic oxidation sites excluding steroid dienone is 7. The van der Waals surface area contributed by atoms with Crippen LogP contribution in [0.4, 0.5) is 0 Å². The van der Waals surface area contributed by atoms with Crippen LogP contribution in [0, 0.1) is 0 Å². The van der Waals surface area contributed by atoms with Gasteiger partial charge in [-0.1, -0.05) is 229 Å². The van der Waals surface area contributed by atoms with Crippen molar-refractivity contribution >= 4 is 5.91 Å². The Morgan fingerprint density at radius 2 is 0.855 bits per heavy atom. The van der Waals surface area contributed by atoms with Crippen LogP contribution in [-0.4, -0.2) is 46.1 Å². The largest absolute Gasteiger partial charge is 0.394 e. The molecule has 0 fully saturated rings. The molecule has 0 aromatic heterocycles. The molecule has 55 heavy (non-hydrogen) atoms. The number of carbonyl (C=O) groups excluding carboxylic acids is 1. The van der Waals surface area contributed by atoms with Crippen molar-refractivity contribution < 1.29 is 20.1 Å². The van der Waals surface area contributed by atoms with Gasteiger partial charge in [0.05, 0.1) is 18.8 Å². The van der Waals surface area contributed by atoms with Gasteiger partial charge in [-0.25, -0.2) is 0 Å². The molecule has 3 unspecified atom stereocenters. The molecule has 0 radical (unpaired) electrons. The average molecular weight is 772 g/mol. The molecule has 0 heterocycles. The van der Waals surface area contributed by atoms with E-state index in [4.69, 9.17) is 0 Å². The maximum atomic E-state index is 12.5. The third-order valence-corrected chi connectivity index (χ3v) is 10.9. The lowest BCUT2D eigenvalue weighted by molar-refractivity contribution is -0.131. The molecule has 3 atom stereocenters. The van der Waals surface area contributed by atoms with Crippen molar-refractivity contribution in [2.75, 3.05) is 6.61 Å². The van der Waals surface area contributed by atoms with Crippen LogP contribution in [0.3, 0.4) is 0 Å². The minimum absolute atomic E-state index is 0.376. The smallest absolute Gasteiger partial charge is 0.249 e. The summed E-state index contributed by atoms with van der Waals surface area (Å²) in [5, 5.41) is 33.2. The highest BCUT2D eigenvalue weighted by Crippen LogP contribution is 2.16. The molecule has 5 heteroatoms. The number of amides is 1. The van der Waals surface area contributed by atoms with Crippen molar-refractivity contribution in [3.05, 3.63) is 48.6 Å². The zero-order valence-electron chi connectivity index (χ0n) is 36.6. The molecule has 0 saturated heterocycles. The molecule has 0 spiro atoms. The van der Waals surface area contributed by atoms with Crippen LogP contribution >= 0.6 is 0 Å². The number of unbranched alkanes of at least 4 members (excludes halogenated alkanes) is 29. The number of hydrogen-bond donors (Lipinski definition) is 4. The molecule has 0 aromatic rings. The zero-order chi connectivity index (χ0) is 40.1. The quantitative estimate of drug-likeness (QED) is 0.0367. The summed E-state index contributed by atoms with van der Waals surface area (Å²) >= 11 is 0. The van der Waals surface area contributed by atoms with Crippen molar-refractivity contribution in [1.29, 1.82) is 0 Å². The van der Waals surface area contributed by atoms with Gasteiger partial charge < -0.3 is 20.6 Å². The van der Waals surface area contributed by atoms with Crippen molar-refractivity contribution in [1.82, 2.24) is 5.32 Å². The van der Waals surface area contributed by atoms with Crippen LogP contribution in [0.25, 0.3) is 0 Å². The van der Waals surface area contributed by atoms with Crippen LogP contribution in [0.5, 0.6) is 0 Å². The van der Waals surface area contributed by atoms with E-state index in [0.29, 0.717) is 6.42 Å². The van der Waals surface area contributed by atoms with Crippen molar-refractivity contribution in [2.24, 2.45) is 0 Å². The summed E-state index contributed by atoms with van der Waals surface area (Å²) in [4.78, 5) is 12.5. The molecular formula is C50H93NO4. The predicted molar refractivity (Wildman–Crippen MR) is 241 cm³/mol. The Bertz CT molecular complexity index is 896. The maximum absolute atomic E-state index is 12.5. The fourth-order valence-electron chi connectivity index (χ4n) is 7.18. The van der Waals surface area contributed by atoms with E-state index in [0.717, 1.165) is 51.4 Å². The Morgan fingerprint density at radius 3 is 1.31 bits per heavy atom. The second-order valence-electron chi connectivity index (χ2n) is 16.3. The molecule has 0 aromatic carbocycles. The van der Waals surface area contributed by atoms with Crippen molar-refractivity contribution in [2.45, 2.75) is 257 Å². The van der Waals surface area contributed by atoms with Gasteiger partial charge in [0, 0.05) is 0 Å². The molecule has 0 rings (SSSR count). The van der Waals surface area contributed by atoms with Crippen molar-refractivity contribution in [3.63, 3.8) is 0 Å². The van der Waals surface area contributed by atoms with Gasteiger partial charge in [0.2, 0.25) is 5.91 Å². The van der Waals surface area contributed by atoms with Gasteiger partial charge >= 0.3 is 0 Å². The van der Waals surface area contributed by atoms with E-state index >= 15 is 0 Å². The number of aliphatic hydroxyl groups is 3. The van der Waals surface area contributed by atoms with E-state index in [-0.39, 0.29) is 6.61 Å². The Balaban J connectivity index is 3.67. The second-order valence-corrected chi connectivity index (χ2v) is 16.3. The molecule has 0 aliphatic carbocycles. The molecular weight excluding hydrogens is 679 g/mol. The van der Waals surface area contributed by atoms with E-state index in [1.165, 1.54) is 167 Å². The molecule has 322 valence electrons. The number of aliphatic hydroxyl groups excluding tert-OH is 3. The highest BCUT2D eigenvalue weighted by atomic mass is 16.3. The first-order valence-electron chi connectivity index (χ1n) is 24.0. The lowest BCUT2D eigenvalue weighted by Gasteiger charge is -2.21. The Hall–Kier alpha value is -1.69. The van der Waals surface area contributed by atoms with E-state index in [2.05, 4.69) is 55.6 Å². The van der Waals surface area contributed by atoms with E-state index in [1.54, 1.807) is 6.08 Å². The third-order valence-electron chi connectivity index (χ3n) is 10.9. The number of rotatable bonds is 43. The lowest BCUT2D eigenvalue weighted by atomic mass is 10.0. The van der Waals surface area contributed by atoms with Crippen LogP contribution in [-0.2, 0) is 4.79 Å². The maximum Gasteiger partial charge on any atom is 0.249 e. The number of carbonyl (C=O) groups is 1. The number of nitrogens with one attached hydrogen (secondary N) is 1. The fraction of sp³-hybridized carbons (Fsp3) is 0.820. The van der Waals surface area contributed by atoms with Crippen LogP contribution in [0.15, 0.2) is 48.6 Å². The van der Waals surface area contributed by atoms with Gasteiger partial charge in [-0.2, -0.15) is 0 Å². The molecule has 0 aliphatic heterocycles. The van der Waals surface area contributed by atoms with Gasteiger partial charge in [0.25, 0.3) is 0 Å². The molecule has 0 aliphatic rings. The van der Waals surface area contributed by atoms with Crippen LogP contribution in [0.1, 0.15) is 239 Å². The number of hydrogen-bond acceptors (Lipinski definition) is 4. The standard InChI is InChI=1S/C50H93NO4/c1-3-5-7-9-11-13-15-17-19-21-23-25-27-28-30-32-34-36-38-40-42-44-48(53)47(46-52)51-50(55)49(54)45-43-41-39-37-35-33-31-29-26-24-22-20-18-16-14-12-10-8-6-4-2/h6,8,12,14,34,36,42,44,47-49,52-54H,3-5,7,9-11,13,15-33,35,37-41,43,45-46H2,1-2H3,(H,51,55)/b8-6-,14-12-,36-34+,44-42+. The Labute approximate surface area is 342 Å². The van der Waals surface area contributed by atoms with Gasteiger partial charge in [-0.05, 0) is 57.8 Å². The Kier molecular flexibility index (Phi) is 43.6. The highest BCUT2D eigenvalue weighted by Gasteiger charge is 2.22. The summed E-state index contributed by atoms with van der Waals surface area (Å²) in [6.45, 7) is 4.08. The molecule has 0 bridgehead atoms. The topological polar surface area (TPSA) is 89.8 Å². The molecule has 0 saturated carbocycles. The fourth-order valence-corrected chi connectivity index (χ4v) is 7.18. The van der Waals surface area contributed by atoms with Crippen LogP contribution in [0.2, 0.25) is 0 Å². The van der Waals surface area contributed by atoms with Gasteiger partial charge in [-0.3, -0.25) is 4.79 Å². The van der Waals surface area contributed by atoms with Gasteiger partial charge in [0.1, 0.15) is 6.10 Å². The molecule has 5 nitrogen and oxygen atoms in total. The summed E-state index contributed by atoms with van der Waals surface area (Å²) in [5.41, 5.74) is 0. The summed E-state index contributed by atoms with van der Waals surface area (Å²) in [6.07, 6.45) is 58.7. The summed E-state index contributed by atoms with van der Waals surface area (Å²) in [5.74, 6) is -0.513. The monoisotopic (exact) mass is 772 g/mol. The first kappa shape index (κ1) is 53.3. The minimum atomic E-state index is -1.11. The SMILES string of the molecule is CC/C=C\C/C=C\CCCCCCCCCCCCCCCC(O)C(=O)NC(CO)C(O)/C=C/CC/C=C/CCCCCCCCCCCCCCCCC. The third kappa shape index (κ3) is 40.3. The Morgan fingerprint density at radius 1 is 0.473 bits per heavy atom. The van der Waals surface area contributed by atoms with E-state index in [9.17, 15) is 20.1 Å². The summed E-state index contributed by atoms with van der Waals surface area (Å²) < 4.78 is 0. The van der Waals surface area contributed by atoms with E-state index < -0.39 is 24.2 Å². The van der Waals surface area contributed by atoms with Crippen LogP contribution < -0.4 is 5.32 Å². The minimum Gasteiger partial charge on any atom is -0.394 e. The predicted octanol–water partition coefficient (Wildman–Crippen LogP) is 14.1. The van der Waals surface area contributed by atoms with Crippen molar-refractivity contribution in [3.8, 4) is 0 Å². The summed E-state index contributed by atoms with van der Waals surface area (Å²) in [7, 11) is 0. The first-order chi connectivity index (χ1) is 27.1. The first-order valence-corrected chi connectivity index (χ1v) is 24.0. The molecule has 4 N–H and O–H groups in total. The second kappa shape index (κ2) is 45.0. The highest BCUT2D eigenvalue weighted by molar-refractivity contribution is 5.80. The average Bonchev–Trinajstić information content (AvgIpc) is 3.19. The zero-order valence-corrected chi connectivity index (χ0v) is 36.6.